The van der Waals surface area contributed by atoms with Crippen LogP contribution in [0.2, 0.25) is 0 Å². The van der Waals surface area contributed by atoms with Gasteiger partial charge in [-0.25, -0.2) is 0 Å². The zero-order valence-corrected chi connectivity index (χ0v) is 10.4. The second kappa shape index (κ2) is 9.93. The summed E-state index contributed by atoms with van der Waals surface area (Å²) in [6.45, 7) is 2.04. The Kier molecular flexibility index (Phi) is 9.19. The maximum absolute atomic E-state index is 10.2. The van der Waals surface area contributed by atoms with Crippen molar-refractivity contribution in [2.45, 2.75) is 12.8 Å². The normalized spacial score (nSPS) is 9.41. The Labute approximate surface area is 107 Å². The number of benzene rings is 1. The SMILES string of the molecule is Cl.O=C(O)CCCNCCOc1ccccc1. The van der Waals surface area contributed by atoms with Crippen LogP contribution in [0.5, 0.6) is 5.75 Å². The van der Waals surface area contributed by atoms with E-state index in [2.05, 4.69) is 5.32 Å². The Morgan fingerprint density at radius 3 is 2.59 bits per heavy atom. The fourth-order valence-corrected chi connectivity index (χ4v) is 1.25. The molecule has 1 rings (SSSR count). The molecule has 0 saturated heterocycles. The van der Waals surface area contributed by atoms with Crippen LogP contribution >= 0.6 is 12.4 Å². The van der Waals surface area contributed by atoms with Crippen LogP contribution in [0, 0.1) is 0 Å². The van der Waals surface area contributed by atoms with Crippen molar-refractivity contribution in [3.8, 4) is 5.75 Å². The van der Waals surface area contributed by atoms with Crippen LogP contribution in [-0.4, -0.2) is 30.8 Å². The molecule has 0 heterocycles. The summed E-state index contributed by atoms with van der Waals surface area (Å²) >= 11 is 0. The van der Waals surface area contributed by atoms with Gasteiger partial charge in [-0.2, -0.15) is 0 Å². The summed E-state index contributed by atoms with van der Waals surface area (Å²) in [4.78, 5) is 10.2. The van der Waals surface area contributed by atoms with Gasteiger partial charge in [0.2, 0.25) is 0 Å². The van der Waals surface area contributed by atoms with Gasteiger partial charge in [0.1, 0.15) is 12.4 Å². The maximum Gasteiger partial charge on any atom is 0.303 e. The fraction of sp³-hybridized carbons (Fsp3) is 0.417. The van der Waals surface area contributed by atoms with E-state index in [1.165, 1.54) is 0 Å². The number of hydrogen-bond donors (Lipinski definition) is 2. The minimum absolute atomic E-state index is 0. The van der Waals surface area contributed by atoms with Crippen molar-refractivity contribution < 1.29 is 14.6 Å². The number of carboxylic acids is 1. The van der Waals surface area contributed by atoms with Crippen molar-refractivity contribution in [2.24, 2.45) is 0 Å². The first kappa shape index (κ1) is 15.7. The van der Waals surface area contributed by atoms with Crippen LogP contribution in [0.1, 0.15) is 12.8 Å². The lowest BCUT2D eigenvalue weighted by molar-refractivity contribution is -0.137. The zero-order valence-electron chi connectivity index (χ0n) is 9.59. The molecule has 0 unspecified atom stereocenters. The molecule has 0 bridgehead atoms. The van der Waals surface area contributed by atoms with Gasteiger partial charge in [0.05, 0.1) is 0 Å². The fourth-order valence-electron chi connectivity index (χ4n) is 1.25. The van der Waals surface area contributed by atoms with Gasteiger partial charge in [0, 0.05) is 13.0 Å². The Morgan fingerprint density at radius 1 is 1.24 bits per heavy atom. The standard InChI is InChI=1S/C12H17NO3.ClH/c14-12(15)7-4-8-13-9-10-16-11-5-2-1-3-6-11;/h1-3,5-6,13H,4,7-10H2,(H,14,15);1H. The lowest BCUT2D eigenvalue weighted by Crippen LogP contribution is -2.22. The highest BCUT2D eigenvalue weighted by atomic mass is 35.5. The first-order valence-electron chi connectivity index (χ1n) is 5.39. The van der Waals surface area contributed by atoms with Crippen molar-refractivity contribution in [1.29, 1.82) is 0 Å². The molecule has 1 aromatic rings. The van der Waals surface area contributed by atoms with Crippen LogP contribution in [0.3, 0.4) is 0 Å². The third kappa shape index (κ3) is 8.54. The van der Waals surface area contributed by atoms with Crippen molar-refractivity contribution in [1.82, 2.24) is 5.32 Å². The van der Waals surface area contributed by atoms with E-state index in [9.17, 15) is 4.79 Å². The summed E-state index contributed by atoms with van der Waals surface area (Å²) in [5.74, 6) is 0.108. The van der Waals surface area contributed by atoms with Crippen molar-refractivity contribution in [2.75, 3.05) is 19.7 Å². The molecule has 0 radical (unpaired) electrons. The van der Waals surface area contributed by atoms with E-state index in [0.29, 0.717) is 19.6 Å². The van der Waals surface area contributed by atoms with E-state index in [4.69, 9.17) is 9.84 Å². The van der Waals surface area contributed by atoms with Crippen molar-refractivity contribution in [3.05, 3.63) is 30.3 Å². The average Bonchev–Trinajstić information content (AvgIpc) is 2.29. The lowest BCUT2D eigenvalue weighted by atomic mass is 10.3. The molecule has 0 saturated carbocycles. The minimum atomic E-state index is -0.748. The van der Waals surface area contributed by atoms with E-state index >= 15 is 0 Å². The van der Waals surface area contributed by atoms with Gasteiger partial charge in [-0.15, -0.1) is 12.4 Å². The molecule has 0 fully saturated rings. The zero-order chi connectivity index (χ0) is 11.6. The average molecular weight is 260 g/mol. The molecule has 0 aromatic heterocycles. The maximum atomic E-state index is 10.2. The summed E-state index contributed by atoms with van der Waals surface area (Å²) in [6.07, 6.45) is 0.868. The third-order valence-electron chi connectivity index (χ3n) is 2.03. The number of para-hydroxylation sites is 1. The van der Waals surface area contributed by atoms with Crippen LogP contribution < -0.4 is 10.1 Å². The minimum Gasteiger partial charge on any atom is -0.492 e. The number of carbonyl (C=O) groups is 1. The van der Waals surface area contributed by atoms with E-state index in [-0.39, 0.29) is 18.8 Å². The van der Waals surface area contributed by atoms with Gasteiger partial charge >= 0.3 is 5.97 Å². The van der Waals surface area contributed by atoms with Crippen LogP contribution in [0.15, 0.2) is 30.3 Å². The molecule has 96 valence electrons. The number of ether oxygens (including phenoxy) is 1. The highest BCUT2D eigenvalue weighted by Gasteiger charge is 1.95. The molecule has 17 heavy (non-hydrogen) atoms. The summed E-state index contributed by atoms with van der Waals surface area (Å²) < 4.78 is 5.45. The van der Waals surface area contributed by atoms with Gasteiger partial charge in [-0.1, -0.05) is 18.2 Å². The quantitative estimate of drug-likeness (QED) is 0.701. The van der Waals surface area contributed by atoms with Gasteiger partial charge in [-0.3, -0.25) is 4.79 Å². The van der Waals surface area contributed by atoms with Gasteiger partial charge in [0.15, 0.2) is 0 Å². The first-order chi connectivity index (χ1) is 7.79. The summed E-state index contributed by atoms with van der Waals surface area (Å²) in [6, 6.07) is 9.61. The van der Waals surface area contributed by atoms with E-state index in [1.807, 2.05) is 30.3 Å². The number of aliphatic carboxylic acids is 1. The molecule has 4 nitrogen and oxygen atoms in total. The Hall–Kier alpha value is -1.26. The number of hydrogen-bond acceptors (Lipinski definition) is 3. The summed E-state index contributed by atoms with van der Waals surface area (Å²) in [5.41, 5.74) is 0. The molecule has 2 N–H and O–H groups in total. The summed E-state index contributed by atoms with van der Waals surface area (Å²) in [5, 5.41) is 11.5. The van der Waals surface area contributed by atoms with Crippen molar-refractivity contribution in [3.63, 3.8) is 0 Å². The van der Waals surface area contributed by atoms with E-state index in [1.54, 1.807) is 0 Å². The second-order valence-corrected chi connectivity index (χ2v) is 3.41. The molecular formula is C12H18ClNO3. The summed E-state index contributed by atoms with van der Waals surface area (Å²) in [7, 11) is 0. The molecule has 0 spiro atoms. The van der Waals surface area contributed by atoms with Crippen LogP contribution in [-0.2, 0) is 4.79 Å². The highest BCUT2D eigenvalue weighted by molar-refractivity contribution is 5.85. The van der Waals surface area contributed by atoms with Crippen molar-refractivity contribution >= 4 is 18.4 Å². The molecule has 0 aliphatic carbocycles. The first-order valence-corrected chi connectivity index (χ1v) is 5.39. The molecule has 1 aromatic carbocycles. The predicted molar refractivity (Wildman–Crippen MR) is 68.9 cm³/mol. The lowest BCUT2D eigenvalue weighted by Gasteiger charge is -2.06. The molecule has 0 aliphatic rings. The van der Waals surface area contributed by atoms with Gasteiger partial charge in [0.25, 0.3) is 0 Å². The van der Waals surface area contributed by atoms with E-state index in [0.717, 1.165) is 12.3 Å². The largest absolute Gasteiger partial charge is 0.492 e. The van der Waals surface area contributed by atoms with Crippen LogP contribution in [0.4, 0.5) is 0 Å². The second-order valence-electron chi connectivity index (χ2n) is 3.41. The number of halogens is 1. The Balaban J connectivity index is 0.00000256. The third-order valence-corrected chi connectivity index (χ3v) is 2.03. The van der Waals surface area contributed by atoms with Gasteiger partial charge < -0.3 is 15.2 Å². The number of rotatable bonds is 8. The van der Waals surface area contributed by atoms with Crippen LogP contribution in [0.25, 0.3) is 0 Å². The monoisotopic (exact) mass is 259 g/mol. The Morgan fingerprint density at radius 2 is 1.94 bits per heavy atom. The number of carboxylic acid groups (broad SMARTS) is 1. The van der Waals surface area contributed by atoms with E-state index < -0.39 is 5.97 Å². The topological polar surface area (TPSA) is 58.6 Å². The molecule has 0 aliphatic heterocycles. The molecule has 5 heteroatoms. The molecule has 0 amide bonds. The predicted octanol–water partition coefficient (Wildman–Crippen LogP) is 1.94. The highest BCUT2D eigenvalue weighted by Crippen LogP contribution is 2.07. The smallest absolute Gasteiger partial charge is 0.303 e. The molecule has 0 atom stereocenters. The van der Waals surface area contributed by atoms with Gasteiger partial charge in [-0.05, 0) is 25.1 Å². The number of nitrogens with one attached hydrogen (secondary N) is 1. The Bertz CT molecular complexity index is 306. The molecular weight excluding hydrogens is 242 g/mol.